The molecule has 2 aromatic carbocycles. The van der Waals surface area contributed by atoms with Crippen molar-refractivity contribution in [2.75, 3.05) is 12.1 Å². The molecule has 0 saturated heterocycles. The van der Waals surface area contributed by atoms with E-state index in [-0.39, 0.29) is 5.88 Å². The largest absolute Gasteiger partial charge is 0.386 e. The fourth-order valence-electron chi connectivity index (χ4n) is 1.71. The first-order valence-corrected chi connectivity index (χ1v) is 7.62. The van der Waals surface area contributed by atoms with Crippen molar-refractivity contribution in [2.24, 2.45) is 10.7 Å². The second-order valence-corrected chi connectivity index (χ2v) is 5.16. The highest BCUT2D eigenvalue weighted by Gasteiger charge is 1.99. The molecule has 0 spiro atoms. The first kappa shape index (κ1) is 14.0. The van der Waals surface area contributed by atoms with Crippen LogP contribution in [0, 0.1) is 0 Å². The number of rotatable bonds is 4. The number of nitrogens with two attached hydrogens (primary N) is 1. The predicted molar refractivity (Wildman–Crippen MR) is 85.7 cm³/mol. The van der Waals surface area contributed by atoms with E-state index in [0.29, 0.717) is 5.84 Å². The van der Waals surface area contributed by atoms with Gasteiger partial charge in [0, 0.05) is 4.90 Å². The molecule has 0 fully saturated rings. The number of alkyl halides is 1. The van der Waals surface area contributed by atoms with Crippen molar-refractivity contribution in [3.63, 3.8) is 0 Å². The average molecular weight is 291 g/mol. The topological polar surface area (TPSA) is 38.4 Å². The molecule has 0 heterocycles. The number of nitrogens with zero attached hydrogens (tertiary/aromatic N) is 1. The number of aliphatic imine (C=N–C) groups is 1. The number of benzene rings is 2. The van der Waals surface area contributed by atoms with Crippen molar-refractivity contribution in [2.45, 2.75) is 4.90 Å². The molecule has 0 aromatic heterocycles. The van der Waals surface area contributed by atoms with Gasteiger partial charge in [-0.25, -0.2) is 4.99 Å². The van der Waals surface area contributed by atoms with Crippen LogP contribution in [-0.4, -0.2) is 18.0 Å². The maximum absolute atomic E-state index is 5.60. The Morgan fingerprint density at radius 1 is 1.05 bits per heavy atom. The van der Waals surface area contributed by atoms with E-state index in [1.54, 1.807) is 11.8 Å². The van der Waals surface area contributed by atoms with Crippen LogP contribution in [0.2, 0.25) is 0 Å². The van der Waals surface area contributed by atoms with E-state index >= 15 is 0 Å². The number of thioether (sulfide) groups is 1. The Balaban J connectivity index is 2.22. The van der Waals surface area contributed by atoms with Crippen molar-refractivity contribution in [3.8, 4) is 11.1 Å². The quantitative estimate of drug-likeness (QED) is 0.394. The Kier molecular flexibility index (Phi) is 4.88. The van der Waals surface area contributed by atoms with E-state index in [4.69, 9.17) is 17.3 Å². The molecule has 0 unspecified atom stereocenters. The zero-order valence-electron chi connectivity index (χ0n) is 10.6. The van der Waals surface area contributed by atoms with Gasteiger partial charge in [0.1, 0.15) is 5.84 Å². The molecular formula is C15H15ClN2S. The Bertz CT molecular complexity index is 562. The van der Waals surface area contributed by atoms with E-state index in [1.165, 1.54) is 10.5 Å². The Labute approximate surface area is 122 Å². The standard InChI is InChI=1S/C15H15ClN2S/c1-19-14-8-4-12(5-9-14)11-2-6-13(7-3-11)18-15(17)10-16/h2-9H,10H2,1H3,(H2,17,18). The lowest BCUT2D eigenvalue weighted by Gasteiger charge is -2.04. The highest BCUT2D eigenvalue weighted by molar-refractivity contribution is 7.98. The third-order valence-electron chi connectivity index (χ3n) is 2.70. The number of hydrogen-bond acceptors (Lipinski definition) is 2. The molecule has 2 N–H and O–H groups in total. The van der Waals surface area contributed by atoms with Gasteiger partial charge in [-0.1, -0.05) is 24.3 Å². The Morgan fingerprint density at radius 3 is 2.05 bits per heavy atom. The zero-order chi connectivity index (χ0) is 13.7. The van der Waals surface area contributed by atoms with Crippen LogP contribution in [0.4, 0.5) is 5.69 Å². The van der Waals surface area contributed by atoms with Gasteiger partial charge in [0.15, 0.2) is 0 Å². The van der Waals surface area contributed by atoms with Crippen LogP contribution in [0.3, 0.4) is 0 Å². The van der Waals surface area contributed by atoms with Crippen LogP contribution in [-0.2, 0) is 0 Å². The van der Waals surface area contributed by atoms with Crippen molar-refractivity contribution >= 4 is 34.9 Å². The second kappa shape index (κ2) is 6.64. The van der Waals surface area contributed by atoms with Crippen LogP contribution in [0.1, 0.15) is 0 Å². The van der Waals surface area contributed by atoms with E-state index in [1.807, 2.05) is 24.3 Å². The molecule has 2 rings (SSSR count). The van der Waals surface area contributed by atoms with Crippen LogP contribution in [0.5, 0.6) is 0 Å². The lowest BCUT2D eigenvalue weighted by atomic mass is 10.1. The van der Waals surface area contributed by atoms with E-state index in [0.717, 1.165) is 11.3 Å². The van der Waals surface area contributed by atoms with Gasteiger partial charge in [-0.2, -0.15) is 0 Å². The molecule has 19 heavy (non-hydrogen) atoms. The minimum atomic E-state index is 0.248. The Morgan fingerprint density at radius 2 is 1.58 bits per heavy atom. The van der Waals surface area contributed by atoms with Gasteiger partial charge in [0.2, 0.25) is 0 Å². The first-order chi connectivity index (χ1) is 9.22. The monoisotopic (exact) mass is 290 g/mol. The molecule has 98 valence electrons. The Hall–Kier alpha value is -1.45. The van der Waals surface area contributed by atoms with E-state index in [9.17, 15) is 0 Å². The first-order valence-electron chi connectivity index (χ1n) is 5.86. The summed E-state index contributed by atoms with van der Waals surface area (Å²) in [4.78, 5) is 5.46. The molecule has 2 nitrogen and oxygen atoms in total. The molecule has 0 aliphatic rings. The summed E-state index contributed by atoms with van der Waals surface area (Å²) in [5.41, 5.74) is 8.78. The fourth-order valence-corrected chi connectivity index (χ4v) is 2.18. The van der Waals surface area contributed by atoms with Crippen LogP contribution < -0.4 is 5.73 Å². The van der Waals surface area contributed by atoms with Gasteiger partial charge in [-0.15, -0.1) is 23.4 Å². The van der Waals surface area contributed by atoms with Crippen molar-refractivity contribution < 1.29 is 0 Å². The summed E-state index contributed by atoms with van der Waals surface area (Å²) >= 11 is 7.34. The summed E-state index contributed by atoms with van der Waals surface area (Å²) in [5.74, 6) is 0.677. The summed E-state index contributed by atoms with van der Waals surface area (Å²) in [6.45, 7) is 0. The predicted octanol–water partition coefficient (Wildman–Crippen LogP) is 4.30. The molecule has 0 amide bonds. The van der Waals surface area contributed by atoms with Gasteiger partial charge in [0.05, 0.1) is 11.6 Å². The maximum atomic E-state index is 5.60. The van der Waals surface area contributed by atoms with Gasteiger partial charge in [0.25, 0.3) is 0 Å². The lowest BCUT2D eigenvalue weighted by molar-refractivity contribution is 1.44. The number of halogens is 1. The molecule has 2 aromatic rings. The molecule has 4 heteroatoms. The third-order valence-corrected chi connectivity index (χ3v) is 3.72. The summed E-state index contributed by atoms with van der Waals surface area (Å²) in [5, 5.41) is 0. The zero-order valence-corrected chi connectivity index (χ0v) is 12.2. The summed E-state index contributed by atoms with van der Waals surface area (Å²) in [6, 6.07) is 16.4. The van der Waals surface area contributed by atoms with Crippen molar-refractivity contribution in [1.82, 2.24) is 0 Å². The molecule has 0 radical (unpaired) electrons. The molecule has 0 atom stereocenters. The molecular weight excluding hydrogens is 276 g/mol. The van der Waals surface area contributed by atoms with Crippen LogP contribution >= 0.6 is 23.4 Å². The van der Waals surface area contributed by atoms with Crippen molar-refractivity contribution in [3.05, 3.63) is 48.5 Å². The van der Waals surface area contributed by atoms with Gasteiger partial charge in [-0.05, 0) is 41.6 Å². The normalized spacial score (nSPS) is 11.6. The minimum Gasteiger partial charge on any atom is -0.386 e. The van der Waals surface area contributed by atoms with Gasteiger partial charge in [-0.3, -0.25) is 0 Å². The van der Waals surface area contributed by atoms with E-state index in [2.05, 4.69) is 35.5 Å². The molecule has 0 aliphatic carbocycles. The number of amidine groups is 1. The smallest absolute Gasteiger partial charge is 0.115 e. The summed E-state index contributed by atoms with van der Waals surface area (Å²) < 4.78 is 0. The summed E-state index contributed by atoms with van der Waals surface area (Å²) in [6.07, 6.45) is 2.07. The average Bonchev–Trinajstić information content (AvgIpc) is 2.48. The summed E-state index contributed by atoms with van der Waals surface area (Å²) in [7, 11) is 0. The van der Waals surface area contributed by atoms with Crippen LogP contribution in [0.15, 0.2) is 58.4 Å². The molecule has 0 saturated carbocycles. The fraction of sp³-hybridized carbons (Fsp3) is 0.133. The number of hydrogen-bond donors (Lipinski definition) is 1. The van der Waals surface area contributed by atoms with Crippen molar-refractivity contribution in [1.29, 1.82) is 0 Å². The SMILES string of the molecule is CSc1ccc(-c2ccc(N=C(N)CCl)cc2)cc1. The second-order valence-electron chi connectivity index (χ2n) is 4.01. The van der Waals surface area contributed by atoms with Gasteiger partial charge < -0.3 is 5.73 Å². The highest BCUT2D eigenvalue weighted by atomic mass is 35.5. The van der Waals surface area contributed by atoms with E-state index < -0.39 is 0 Å². The minimum absolute atomic E-state index is 0.248. The molecule has 0 bridgehead atoms. The lowest BCUT2D eigenvalue weighted by Crippen LogP contribution is -2.12. The van der Waals surface area contributed by atoms with Crippen LogP contribution in [0.25, 0.3) is 11.1 Å². The maximum Gasteiger partial charge on any atom is 0.115 e. The molecule has 0 aliphatic heterocycles. The highest BCUT2D eigenvalue weighted by Crippen LogP contribution is 2.25. The third kappa shape index (κ3) is 3.75. The van der Waals surface area contributed by atoms with Gasteiger partial charge >= 0.3 is 0 Å².